The molecule has 5 heteroatoms. The van der Waals surface area contributed by atoms with E-state index >= 15 is 0 Å². The van der Waals surface area contributed by atoms with Gasteiger partial charge in [-0.3, -0.25) is 15.3 Å². The van der Waals surface area contributed by atoms with E-state index in [9.17, 15) is 9.59 Å². The molecule has 2 heterocycles. The summed E-state index contributed by atoms with van der Waals surface area (Å²) in [5.74, 6) is -0.0632. The number of carbonyl (C=O) groups excluding carboxylic acids is 2. The standard InChI is InChI=1S/C14H11N3O2/c15-12-7-3-4-8-16(12)9-17-13(18)10-5-1-2-6-11(10)14(17)19/h1-8,15H,9H2/p+1. The Labute approximate surface area is 109 Å². The van der Waals surface area contributed by atoms with Crippen molar-refractivity contribution < 1.29 is 14.2 Å². The monoisotopic (exact) mass is 254 g/mol. The van der Waals surface area contributed by atoms with Crippen LogP contribution in [0, 0.1) is 0 Å². The van der Waals surface area contributed by atoms with Gasteiger partial charge in [-0.15, -0.1) is 0 Å². The predicted octanol–water partition coefficient (Wildman–Crippen LogP) is 0.810. The maximum absolute atomic E-state index is 12.2. The normalized spacial score (nSPS) is 13.8. The number of nitrogen functional groups attached to an aromatic ring is 1. The molecule has 2 N–H and O–H groups in total. The summed E-state index contributed by atoms with van der Waals surface area (Å²) in [6.45, 7) is 0.124. The zero-order chi connectivity index (χ0) is 13.4. The first-order valence-corrected chi connectivity index (χ1v) is 5.87. The van der Waals surface area contributed by atoms with Crippen molar-refractivity contribution in [2.45, 2.75) is 6.67 Å². The van der Waals surface area contributed by atoms with Gasteiger partial charge in [-0.05, 0) is 18.2 Å². The van der Waals surface area contributed by atoms with Gasteiger partial charge >= 0.3 is 0 Å². The Morgan fingerprint density at radius 3 is 2.11 bits per heavy atom. The first-order valence-electron chi connectivity index (χ1n) is 5.87. The average Bonchev–Trinajstić information content (AvgIpc) is 2.67. The number of amides is 2. The molecule has 1 aliphatic heterocycles. The molecule has 0 atom stereocenters. The van der Waals surface area contributed by atoms with E-state index in [2.05, 4.69) is 0 Å². The zero-order valence-electron chi connectivity index (χ0n) is 10.1. The predicted molar refractivity (Wildman–Crippen MR) is 68.0 cm³/mol. The summed E-state index contributed by atoms with van der Waals surface area (Å²) >= 11 is 0. The molecule has 94 valence electrons. The minimum absolute atomic E-state index is 0.124. The number of fused-ring (bicyclic) bond motifs is 1. The van der Waals surface area contributed by atoms with Gasteiger partial charge in [0.2, 0.25) is 0 Å². The molecule has 0 radical (unpaired) electrons. The van der Waals surface area contributed by atoms with Crippen LogP contribution in [-0.4, -0.2) is 16.7 Å². The van der Waals surface area contributed by atoms with Crippen LogP contribution in [0.3, 0.4) is 0 Å². The molecular formula is C14H12N3O2+. The zero-order valence-corrected chi connectivity index (χ0v) is 10.1. The lowest BCUT2D eigenvalue weighted by Crippen LogP contribution is -2.47. The summed E-state index contributed by atoms with van der Waals surface area (Å²) in [6.07, 6.45) is 1.74. The molecule has 1 aromatic carbocycles. The van der Waals surface area contributed by atoms with Gasteiger partial charge in [-0.1, -0.05) is 18.2 Å². The second-order valence-electron chi connectivity index (χ2n) is 4.32. The Hall–Kier alpha value is -2.69. The van der Waals surface area contributed by atoms with Gasteiger partial charge in [0, 0.05) is 6.07 Å². The quantitative estimate of drug-likeness (QED) is 0.637. The number of benzene rings is 1. The number of hydrogen-bond acceptors (Lipinski definition) is 3. The molecule has 0 saturated carbocycles. The van der Waals surface area contributed by atoms with Crippen molar-refractivity contribution in [3.05, 3.63) is 59.8 Å². The van der Waals surface area contributed by atoms with Crippen molar-refractivity contribution in [2.24, 2.45) is 0 Å². The molecule has 0 bridgehead atoms. The summed E-state index contributed by atoms with van der Waals surface area (Å²) in [7, 11) is 0. The molecule has 2 amide bonds. The van der Waals surface area contributed by atoms with Crippen molar-refractivity contribution in [3.8, 4) is 0 Å². The maximum atomic E-state index is 12.2. The molecule has 0 unspecified atom stereocenters. The molecule has 5 nitrogen and oxygen atoms in total. The van der Waals surface area contributed by atoms with Crippen LogP contribution in [0.2, 0.25) is 0 Å². The number of nitrogens with zero attached hydrogens (tertiary/aromatic N) is 2. The van der Waals surface area contributed by atoms with E-state index in [0.29, 0.717) is 16.9 Å². The molecule has 1 aromatic heterocycles. The first kappa shape index (κ1) is 11.4. The second-order valence-corrected chi connectivity index (χ2v) is 4.32. The summed E-state index contributed by atoms with van der Waals surface area (Å²) in [6, 6.07) is 12.1. The first-order chi connectivity index (χ1) is 9.18. The summed E-state index contributed by atoms with van der Waals surface area (Å²) in [5.41, 5.74) is 6.70. The number of carbonyl (C=O) groups is 2. The summed E-state index contributed by atoms with van der Waals surface area (Å²) in [5, 5.41) is 0. The number of anilines is 1. The third-order valence-corrected chi connectivity index (χ3v) is 3.15. The van der Waals surface area contributed by atoms with Gasteiger partial charge in [0.15, 0.2) is 6.67 Å². The molecule has 3 rings (SSSR count). The topological polar surface area (TPSA) is 67.3 Å². The largest absolute Gasteiger partial charge is 0.287 e. The second kappa shape index (κ2) is 4.20. The van der Waals surface area contributed by atoms with Gasteiger partial charge < -0.3 is 0 Å². The van der Waals surface area contributed by atoms with Crippen LogP contribution in [0.4, 0.5) is 5.82 Å². The van der Waals surface area contributed by atoms with Crippen LogP contribution in [0.15, 0.2) is 48.7 Å². The number of hydrogen-bond donors (Lipinski definition) is 1. The maximum Gasteiger partial charge on any atom is 0.273 e. The molecule has 2 aromatic rings. The Morgan fingerprint density at radius 1 is 0.947 bits per heavy atom. The number of pyridine rings is 1. The third-order valence-electron chi connectivity index (χ3n) is 3.15. The SMILES string of the molecule is Nc1cccc[n+]1CN1C(=O)c2ccccc2C1=O. The van der Waals surface area contributed by atoms with Crippen LogP contribution >= 0.6 is 0 Å². The molecule has 0 spiro atoms. The highest BCUT2D eigenvalue weighted by Crippen LogP contribution is 2.22. The lowest BCUT2D eigenvalue weighted by atomic mass is 10.1. The van der Waals surface area contributed by atoms with Crippen molar-refractivity contribution >= 4 is 17.6 Å². The Kier molecular flexibility index (Phi) is 2.52. The van der Waals surface area contributed by atoms with Gasteiger partial charge in [0.25, 0.3) is 17.6 Å². The van der Waals surface area contributed by atoms with E-state index in [4.69, 9.17) is 5.73 Å². The molecular weight excluding hydrogens is 242 g/mol. The fraction of sp³-hybridized carbons (Fsp3) is 0.0714. The van der Waals surface area contributed by atoms with Gasteiger partial charge in [-0.2, -0.15) is 0 Å². The van der Waals surface area contributed by atoms with Crippen molar-refractivity contribution in [1.29, 1.82) is 0 Å². The fourth-order valence-electron chi connectivity index (χ4n) is 2.14. The molecule has 0 saturated heterocycles. The van der Waals surface area contributed by atoms with Gasteiger partial charge in [0.1, 0.15) is 0 Å². The fourth-order valence-corrected chi connectivity index (χ4v) is 2.14. The van der Waals surface area contributed by atoms with E-state index in [1.807, 2.05) is 0 Å². The van der Waals surface area contributed by atoms with Crippen LogP contribution < -0.4 is 10.3 Å². The number of aromatic nitrogens is 1. The smallest absolute Gasteiger partial charge is 0.273 e. The lowest BCUT2D eigenvalue weighted by molar-refractivity contribution is -0.695. The summed E-state index contributed by atoms with van der Waals surface area (Å²) < 4.78 is 1.65. The Morgan fingerprint density at radius 2 is 1.53 bits per heavy atom. The average molecular weight is 254 g/mol. The molecule has 1 aliphatic rings. The minimum atomic E-state index is -0.281. The highest BCUT2D eigenvalue weighted by molar-refractivity contribution is 6.21. The van der Waals surface area contributed by atoms with Crippen molar-refractivity contribution in [1.82, 2.24) is 4.90 Å². The highest BCUT2D eigenvalue weighted by Gasteiger charge is 2.36. The van der Waals surface area contributed by atoms with E-state index < -0.39 is 0 Å². The number of nitrogens with two attached hydrogens (primary N) is 1. The van der Waals surface area contributed by atoms with Crippen LogP contribution in [0.5, 0.6) is 0 Å². The highest BCUT2D eigenvalue weighted by atomic mass is 16.2. The molecule has 0 aliphatic carbocycles. The van der Waals surface area contributed by atoms with Crippen LogP contribution in [0.25, 0.3) is 0 Å². The minimum Gasteiger partial charge on any atom is -0.287 e. The number of imide groups is 1. The number of rotatable bonds is 2. The van der Waals surface area contributed by atoms with E-state index in [1.165, 1.54) is 4.90 Å². The van der Waals surface area contributed by atoms with Crippen molar-refractivity contribution in [2.75, 3.05) is 5.73 Å². The third kappa shape index (κ3) is 1.76. The van der Waals surface area contributed by atoms with Crippen molar-refractivity contribution in [3.63, 3.8) is 0 Å². The Balaban J connectivity index is 1.95. The van der Waals surface area contributed by atoms with Gasteiger partial charge in [-0.25, -0.2) is 9.47 Å². The molecule has 19 heavy (non-hydrogen) atoms. The summed E-state index contributed by atoms with van der Waals surface area (Å²) in [4.78, 5) is 25.5. The van der Waals surface area contributed by atoms with E-state index in [-0.39, 0.29) is 18.5 Å². The van der Waals surface area contributed by atoms with E-state index in [0.717, 1.165) is 0 Å². The van der Waals surface area contributed by atoms with Gasteiger partial charge in [0.05, 0.1) is 17.3 Å². The lowest BCUT2D eigenvalue weighted by Gasteiger charge is -2.12. The van der Waals surface area contributed by atoms with Crippen LogP contribution in [-0.2, 0) is 6.67 Å². The molecule has 0 fully saturated rings. The Bertz CT molecular complexity index is 647. The van der Waals surface area contributed by atoms with E-state index in [1.54, 1.807) is 53.2 Å². The van der Waals surface area contributed by atoms with Crippen LogP contribution in [0.1, 0.15) is 20.7 Å².